The van der Waals surface area contributed by atoms with Gasteiger partial charge in [0, 0.05) is 0 Å². The minimum absolute atomic E-state index is 0.139. The van der Waals surface area contributed by atoms with Crippen LogP contribution in [0.5, 0.6) is 0 Å². The SMILES string of the molecule is Cc1ccc(Cl)c(NC(=O)c2cncc(Cl)n2)c1. The Morgan fingerprint density at radius 1 is 1.28 bits per heavy atom. The van der Waals surface area contributed by atoms with E-state index in [1.807, 2.05) is 13.0 Å². The molecule has 18 heavy (non-hydrogen) atoms. The number of nitrogens with zero attached hydrogens (tertiary/aromatic N) is 2. The van der Waals surface area contributed by atoms with Crippen LogP contribution >= 0.6 is 23.2 Å². The number of nitrogens with one attached hydrogen (secondary N) is 1. The lowest BCUT2D eigenvalue weighted by Gasteiger charge is -2.07. The Kier molecular flexibility index (Phi) is 3.79. The van der Waals surface area contributed by atoms with Crippen molar-refractivity contribution in [3.63, 3.8) is 0 Å². The number of aryl methyl sites for hydroxylation is 1. The standard InChI is InChI=1S/C12H9Cl2N3O/c1-7-2-3-8(13)9(4-7)17-12(18)10-5-15-6-11(14)16-10/h2-6H,1H3,(H,17,18). The molecule has 1 amide bonds. The molecule has 6 heteroatoms. The van der Waals surface area contributed by atoms with Crippen LogP contribution in [-0.4, -0.2) is 15.9 Å². The molecule has 0 aliphatic rings. The van der Waals surface area contributed by atoms with Gasteiger partial charge in [0.05, 0.1) is 23.1 Å². The van der Waals surface area contributed by atoms with E-state index in [0.29, 0.717) is 10.7 Å². The Bertz CT molecular complexity index is 602. The minimum atomic E-state index is -0.405. The average molecular weight is 282 g/mol. The van der Waals surface area contributed by atoms with Crippen molar-refractivity contribution in [3.8, 4) is 0 Å². The Balaban J connectivity index is 2.24. The molecule has 0 saturated heterocycles. The second-order valence-corrected chi connectivity index (χ2v) is 4.46. The molecule has 0 spiro atoms. The summed E-state index contributed by atoms with van der Waals surface area (Å²) < 4.78 is 0. The van der Waals surface area contributed by atoms with E-state index in [0.717, 1.165) is 5.56 Å². The Labute approximate surface area is 114 Å². The van der Waals surface area contributed by atoms with Gasteiger partial charge in [-0.3, -0.25) is 9.78 Å². The van der Waals surface area contributed by atoms with Crippen LogP contribution in [0.1, 0.15) is 16.1 Å². The Morgan fingerprint density at radius 3 is 2.78 bits per heavy atom. The summed E-state index contributed by atoms with van der Waals surface area (Å²) >= 11 is 11.7. The molecule has 1 aromatic carbocycles. The van der Waals surface area contributed by atoms with E-state index < -0.39 is 5.91 Å². The molecule has 0 atom stereocenters. The summed E-state index contributed by atoms with van der Waals surface area (Å²) in [6.45, 7) is 1.91. The van der Waals surface area contributed by atoms with Gasteiger partial charge in [0.15, 0.2) is 0 Å². The highest BCUT2D eigenvalue weighted by Crippen LogP contribution is 2.23. The van der Waals surface area contributed by atoms with E-state index in [1.165, 1.54) is 12.4 Å². The van der Waals surface area contributed by atoms with Gasteiger partial charge in [-0.25, -0.2) is 4.98 Å². The predicted molar refractivity (Wildman–Crippen MR) is 71.2 cm³/mol. The number of aromatic nitrogens is 2. The minimum Gasteiger partial charge on any atom is -0.319 e. The third kappa shape index (κ3) is 2.97. The van der Waals surface area contributed by atoms with Crippen molar-refractivity contribution in [2.24, 2.45) is 0 Å². The lowest BCUT2D eigenvalue weighted by molar-refractivity contribution is 0.102. The largest absolute Gasteiger partial charge is 0.319 e. The van der Waals surface area contributed by atoms with E-state index in [-0.39, 0.29) is 10.8 Å². The second-order valence-electron chi connectivity index (χ2n) is 3.66. The van der Waals surface area contributed by atoms with Gasteiger partial charge in [0.1, 0.15) is 10.8 Å². The maximum absolute atomic E-state index is 11.9. The monoisotopic (exact) mass is 281 g/mol. The molecule has 4 nitrogen and oxygen atoms in total. The van der Waals surface area contributed by atoms with Crippen molar-refractivity contribution < 1.29 is 4.79 Å². The van der Waals surface area contributed by atoms with Crippen LogP contribution < -0.4 is 5.32 Å². The molecule has 0 unspecified atom stereocenters. The quantitative estimate of drug-likeness (QED) is 0.919. The third-order valence-electron chi connectivity index (χ3n) is 2.21. The zero-order valence-electron chi connectivity index (χ0n) is 9.45. The first-order valence-corrected chi connectivity index (χ1v) is 5.87. The van der Waals surface area contributed by atoms with Crippen LogP contribution in [0.2, 0.25) is 10.2 Å². The highest BCUT2D eigenvalue weighted by Gasteiger charge is 2.10. The fraction of sp³-hybridized carbons (Fsp3) is 0.0833. The van der Waals surface area contributed by atoms with E-state index >= 15 is 0 Å². The second kappa shape index (κ2) is 5.33. The number of carbonyl (C=O) groups excluding carboxylic acids is 1. The number of anilines is 1. The van der Waals surface area contributed by atoms with Crippen LogP contribution in [0.3, 0.4) is 0 Å². The third-order valence-corrected chi connectivity index (χ3v) is 2.72. The van der Waals surface area contributed by atoms with Gasteiger partial charge >= 0.3 is 0 Å². The van der Waals surface area contributed by atoms with Crippen molar-refractivity contribution in [1.29, 1.82) is 0 Å². The van der Waals surface area contributed by atoms with Crippen molar-refractivity contribution in [3.05, 3.63) is 52.0 Å². The summed E-state index contributed by atoms with van der Waals surface area (Å²) in [5.74, 6) is -0.405. The number of amides is 1. The molecule has 0 aliphatic carbocycles. The molecule has 0 radical (unpaired) electrons. The summed E-state index contributed by atoms with van der Waals surface area (Å²) in [4.78, 5) is 19.6. The Morgan fingerprint density at radius 2 is 2.06 bits per heavy atom. The summed E-state index contributed by atoms with van der Waals surface area (Å²) in [7, 11) is 0. The first-order valence-electron chi connectivity index (χ1n) is 5.11. The van der Waals surface area contributed by atoms with E-state index in [4.69, 9.17) is 23.2 Å². The summed E-state index contributed by atoms with van der Waals surface area (Å²) in [5.41, 5.74) is 1.66. The fourth-order valence-corrected chi connectivity index (χ4v) is 1.69. The van der Waals surface area contributed by atoms with E-state index in [2.05, 4.69) is 15.3 Å². The summed E-state index contributed by atoms with van der Waals surface area (Å²) in [6.07, 6.45) is 2.70. The molecule has 0 bridgehead atoms. The molecule has 92 valence electrons. The van der Waals surface area contributed by atoms with Gasteiger partial charge in [-0.05, 0) is 24.6 Å². The lowest BCUT2D eigenvalue weighted by Crippen LogP contribution is -2.14. The fourth-order valence-electron chi connectivity index (χ4n) is 1.37. The summed E-state index contributed by atoms with van der Waals surface area (Å²) in [6, 6.07) is 5.35. The normalized spacial score (nSPS) is 10.2. The van der Waals surface area contributed by atoms with Gasteiger partial charge in [-0.15, -0.1) is 0 Å². The van der Waals surface area contributed by atoms with Crippen LogP contribution in [0.25, 0.3) is 0 Å². The van der Waals surface area contributed by atoms with Crippen molar-refractivity contribution in [2.45, 2.75) is 6.92 Å². The van der Waals surface area contributed by atoms with Gasteiger partial charge in [0.2, 0.25) is 0 Å². The first-order chi connectivity index (χ1) is 8.56. The van der Waals surface area contributed by atoms with Crippen LogP contribution in [-0.2, 0) is 0 Å². The van der Waals surface area contributed by atoms with E-state index in [9.17, 15) is 4.79 Å². The van der Waals surface area contributed by atoms with Crippen LogP contribution in [0.15, 0.2) is 30.6 Å². The number of benzene rings is 1. The number of hydrogen-bond acceptors (Lipinski definition) is 3. The smallest absolute Gasteiger partial charge is 0.275 e. The zero-order valence-corrected chi connectivity index (χ0v) is 11.0. The molecular weight excluding hydrogens is 273 g/mol. The van der Waals surface area contributed by atoms with Crippen molar-refractivity contribution in [1.82, 2.24) is 9.97 Å². The molecular formula is C12H9Cl2N3O. The highest BCUT2D eigenvalue weighted by atomic mass is 35.5. The molecule has 0 fully saturated rings. The van der Waals surface area contributed by atoms with Crippen molar-refractivity contribution >= 4 is 34.8 Å². The van der Waals surface area contributed by atoms with Crippen LogP contribution in [0, 0.1) is 6.92 Å². The molecule has 1 heterocycles. The number of carbonyl (C=O) groups is 1. The van der Waals surface area contributed by atoms with Gasteiger partial charge in [-0.1, -0.05) is 29.3 Å². The van der Waals surface area contributed by atoms with Crippen molar-refractivity contribution in [2.75, 3.05) is 5.32 Å². The number of rotatable bonds is 2. The maximum atomic E-state index is 11.9. The predicted octanol–water partition coefficient (Wildman–Crippen LogP) is 3.34. The molecule has 2 rings (SSSR count). The lowest BCUT2D eigenvalue weighted by atomic mass is 10.2. The van der Waals surface area contributed by atoms with E-state index in [1.54, 1.807) is 12.1 Å². The first kappa shape index (κ1) is 12.8. The highest BCUT2D eigenvalue weighted by molar-refractivity contribution is 6.34. The van der Waals surface area contributed by atoms with Crippen LogP contribution in [0.4, 0.5) is 5.69 Å². The average Bonchev–Trinajstić information content (AvgIpc) is 2.34. The molecule has 1 N–H and O–H groups in total. The molecule has 1 aromatic heterocycles. The molecule has 2 aromatic rings. The van der Waals surface area contributed by atoms with Gasteiger partial charge < -0.3 is 5.32 Å². The maximum Gasteiger partial charge on any atom is 0.275 e. The molecule has 0 aliphatic heterocycles. The molecule has 0 saturated carbocycles. The topological polar surface area (TPSA) is 54.9 Å². The van der Waals surface area contributed by atoms with Gasteiger partial charge in [-0.2, -0.15) is 0 Å². The van der Waals surface area contributed by atoms with Gasteiger partial charge in [0.25, 0.3) is 5.91 Å². The number of halogens is 2. The Hall–Kier alpha value is -1.65. The zero-order chi connectivity index (χ0) is 13.1. The summed E-state index contributed by atoms with van der Waals surface area (Å²) in [5, 5.41) is 3.29. The number of hydrogen-bond donors (Lipinski definition) is 1.